The van der Waals surface area contributed by atoms with Gasteiger partial charge >= 0.3 is 0 Å². The van der Waals surface area contributed by atoms with E-state index in [-0.39, 0.29) is 23.3 Å². The number of halogens is 2. The third kappa shape index (κ3) is 5.35. The van der Waals surface area contributed by atoms with Crippen molar-refractivity contribution in [2.24, 2.45) is 5.92 Å². The SMILES string of the molecule is COc1cc(C(C)=O)ccc1OCCCN1CCC(CC#N)C1(c1ccc(F)cc1)c1ccc(F)cc1. The highest BCUT2D eigenvalue weighted by atomic mass is 19.1. The van der Waals surface area contributed by atoms with Crippen molar-refractivity contribution in [2.75, 3.05) is 26.8 Å². The summed E-state index contributed by atoms with van der Waals surface area (Å²) in [6.07, 6.45) is 1.77. The molecular weight excluding hydrogens is 474 g/mol. The maximum atomic E-state index is 13.9. The van der Waals surface area contributed by atoms with Crippen LogP contribution >= 0.6 is 0 Å². The zero-order valence-corrected chi connectivity index (χ0v) is 21.0. The van der Waals surface area contributed by atoms with Gasteiger partial charge in [-0.05, 0) is 85.8 Å². The lowest BCUT2D eigenvalue weighted by atomic mass is 9.72. The average Bonchev–Trinajstić information content (AvgIpc) is 3.26. The maximum absolute atomic E-state index is 13.9. The molecule has 0 spiro atoms. The number of rotatable bonds is 10. The first-order valence-corrected chi connectivity index (χ1v) is 12.4. The Hall–Kier alpha value is -3.76. The molecule has 5 nitrogen and oxygen atoms in total. The van der Waals surface area contributed by atoms with Gasteiger partial charge in [-0.1, -0.05) is 24.3 Å². The number of carbonyl (C=O) groups is 1. The van der Waals surface area contributed by atoms with Crippen LogP contribution in [-0.2, 0) is 5.54 Å². The monoisotopic (exact) mass is 504 g/mol. The molecule has 7 heteroatoms. The molecule has 1 atom stereocenters. The number of benzene rings is 3. The van der Waals surface area contributed by atoms with Gasteiger partial charge in [0.15, 0.2) is 17.3 Å². The van der Waals surface area contributed by atoms with Gasteiger partial charge < -0.3 is 9.47 Å². The molecule has 0 aliphatic carbocycles. The fraction of sp³-hybridized carbons (Fsp3) is 0.333. The summed E-state index contributed by atoms with van der Waals surface area (Å²) < 4.78 is 39.1. The molecule has 0 amide bonds. The van der Waals surface area contributed by atoms with Crippen LogP contribution in [0.4, 0.5) is 8.78 Å². The lowest BCUT2D eigenvalue weighted by Gasteiger charge is -2.43. The zero-order chi connectivity index (χ0) is 26.4. The third-order valence-corrected chi connectivity index (χ3v) is 7.14. The van der Waals surface area contributed by atoms with Gasteiger partial charge in [0.2, 0.25) is 0 Å². The van der Waals surface area contributed by atoms with E-state index in [1.807, 2.05) is 0 Å². The summed E-state index contributed by atoms with van der Waals surface area (Å²) >= 11 is 0. The fourth-order valence-electron chi connectivity index (χ4n) is 5.46. The normalized spacial score (nSPS) is 16.8. The molecule has 3 aromatic carbocycles. The van der Waals surface area contributed by atoms with Crippen LogP contribution in [0.15, 0.2) is 66.7 Å². The van der Waals surface area contributed by atoms with Crippen LogP contribution in [0.3, 0.4) is 0 Å². The molecule has 0 bridgehead atoms. The molecule has 4 rings (SSSR count). The highest BCUT2D eigenvalue weighted by molar-refractivity contribution is 5.94. The standard InChI is InChI=1S/C30H30F2N2O3/c1-21(35)22-4-13-28(29(20-22)36-2)37-19-3-17-34-18-15-25(14-16-33)30(34,23-5-9-26(31)10-6-23)24-7-11-27(32)12-8-24/h4-13,20,25H,3,14-15,17-19H2,1-2H3. The zero-order valence-electron chi connectivity index (χ0n) is 21.0. The Bertz CT molecular complexity index is 1220. The molecule has 192 valence electrons. The van der Waals surface area contributed by atoms with Crippen LogP contribution in [0.25, 0.3) is 0 Å². The highest BCUT2D eigenvalue weighted by Gasteiger charge is 2.50. The molecule has 1 saturated heterocycles. The largest absolute Gasteiger partial charge is 0.493 e. The smallest absolute Gasteiger partial charge is 0.161 e. The van der Waals surface area contributed by atoms with E-state index >= 15 is 0 Å². The maximum Gasteiger partial charge on any atom is 0.161 e. The predicted molar refractivity (Wildman–Crippen MR) is 137 cm³/mol. The van der Waals surface area contributed by atoms with Crippen molar-refractivity contribution in [3.63, 3.8) is 0 Å². The third-order valence-electron chi connectivity index (χ3n) is 7.14. The molecular formula is C30H30F2N2O3. The molecule has 3 aromatic rings. The molecule has 1 aliphatic rings. The first kappa shape index (κ1) is 26.3. The second-order valence-electron chi connectivity index (χ2n) is 9.24. The summed E-state index contributed by atoms with van der Waals surface area (Å²) in [6.45, 7) is 3.28. The Labute approximate surface area is 216 Å². The predicted octanol–water partition coefficient (Wildman–Crippen LogP) is 6.12. The van der Waals surface area contributed by atoms with Crippen LogP contribution in [-0.4, -0.2) is 37.5 Å². The number of nitriles is 1. The van der Waals surface area contributed by atoms with E-state index in [1.54, 1.807) is 42.5 Å². The number of methoxy groups -OCH3 is 1. The summed E-state index contributed by atoms with van der Waals surface area (Å²) in [5.41, 5.74) is 1.60. The lowest BCUT2D eigenvalue weighted by molar-refractivity contribution is 0.101. The number of ketones is 1. The average molecular weight is 505 g/mol. The number of nitrogens with zero attached hydrogens (tertiary/aromatic N) is 2. The van der Waals surface area contributed by atoms with Crippen LogP contribution < -0.4 is 9.47 Å². The van der Waals surface area contributed by atoms with Crippen LogP contribution in [0.5, 0.6) is 11.5 Å². The van der Waals surface area contributed by atoms with Gasteiger partial charge in [-0.2, -0.15) is 5.26 Å². The molecule has 0 N–H and O–H groups in total. The van der Waals surface area contributed by atoms with E-state index in [2.05, 4.69) is 11.0 Å². The van der Waals surface area contributed by atoms with Gasteiger partial charge in [0.05, 0.1) is 25.3 Å². The molecule has 1 aliphatic heterocycles. The minimum atomic E-state index is -0.696. The molecule has 37 heavy (non-hydrogen) atoms. The van der Waals surface area contributed by atoms with Crippen molar-refractivity contribution in [3.8, 4) is 17.6 Å². The number of carbonyl (C=O) groups excluding carboxylic acids is 1. The highest BCUT2D eigenvalue weighted by Crippen LogP contribution is 2.50. The van der Waals surface area contributed by atoms with Crippen molar-refractivity contribution in [1.82, 2.24) is 4.90 Å². The number of hydrogen-bond acceptors (Lipinski definition) is 5. The number of Topliss-reactive ketones (excluding diaryl/α,β-unsaturated/α-hetero) is 1. The van der Waals surface area contributed by atoms with E-state index in [0.717, 1.165) is 24.1 Å². The Kier molecular flexibility index (Phi) is 8.20. The Morgan fingerprint density at radius 3 is 2.19 bits per heavy atom. The topological polar surface area (TPSA) is 62.6 Å². The lowest BCUT2D eigenvalue weighted by Crippen LogP contribution is -2.47. The second-order valence-corrected chi connectivity index (χ2v) is 9.24. The van der Waals surface area contributed by atoms with E-state index in [4.69, 9.17) is 9.47 Å². The molecule has 1 heterocycles. The quantitative estimate of drug-likeness (QED) is 0.246. The van der Waals surface area contributed by atoms with Gasteiger partial charge in [0.1, 0.15) is 11.6 Å². The van der Waals surface area contributed by atoms with Crippen LogP contribution in [0, 0.1) is 28.9 Å². The van der Waals surface area contributed by atoms with Crippen molar-refractivity contribution in [1.29, 1.82) is 5.26 Å². The minimum Gasteiger partial charge on any atom is -0.493 e. The van der Waals surface area contributed by atoms with Crippen LogP contribution in [0.1, 0.15) is 47.7 Å². The summed E-state index contributed by atoms with van der Waals surface area (Å²) in [7, 11) is 1.53. The van der Waals surface area contributed by atoms with Crippen LogP contribution in [0.2, 0.25) is 0 Å². The van der Waals surface area contributed by atoms with E-state index in [1.165, 1.54) is 38.3 Å². The summed E-state index contributed by atoms with van der Waals surface area (Å²) in [5.74, 6) is 0.280. The van der Waals surface area contributed by atoms with E-state index < -0.39 is 5.54 Å². The van der Waals surface area contributed by atoms with E-state index in [0.29, 0.717) is 43.1 Å². The number of likely N-dealkylation sites (tertiary alicyclic amines) is 1. The van der Waals surface area contributed by atoms with Gasteiger partial charge in [-0.25, -0.2) is 8.78 Å². The molecule has 0 saturated carbocycles. The Morgan fingerprint density at radius 1 is 1.03 bits per heavy atom. The summed E-state index contributed by atoms with van der Waals surface area (Å²) in [4.78, 5) is 14.0. The van der Waals surface area contributed by atoms with Gasteiger partial charge in [0, 0.05) is 18.5 Å². The van der Waals surface area contributed by atoms with Gasteiger partial charge in [-0.15, -0.1) is 0 Å². The Morgan fingerprint density at radius 2 is 1.65 bits per heavy atom. The van der Waals surface area contributed by atoms with E-state index in [9.17, 15) is 18.8 Å². The summed E-state index contributed by atoms with van der Waals surface area (Å²) in [5, 5.41) is 9.63. The number of hydrogen-bond donors (Lipinski definition) is 0. The summed E-state index contributed by atoms with van der Waals surface area (Å²) in [6, 6.07) is 20.2. The molecule has 1 unspecified atom stereocenters. The fourth-order valence-corrected chi connectivity index (χ4v) is 5.46. The minimum absolute atomic E-state index is 0.0476. The molecule has 1 fully saturated rings. The van der Waals surface area contributed by atoms with Crippen molar-refractivity contribution in [3.05, 3.63) is 95.1 Å². The van der Waals surface area contributed by atoms with Gasteiger partial charge in [0.25, 0.3) is 0 Å². The first-order chi connectivity index (χ1) is 17.9. The van der Waals surface area contributed by atoms with Crippen molar-refractivity contribution < 1.29 is 23.0 Å². The van der Waals surface area contributed by atoms with Crippen molar-refractivity contribution >= 4 is 5.78 Å². The molecule has 0 radical (unpaired) electrons. The van der Waals surface area contributed by atoms with Crippen molar-refractivity contribution in [2.45, 2.75) is 31.7 Å². The van der Waals surface area contributed by atoms with Gasteiger partial charge in [-0.3, -0.25) is 9.69 Å². The molecule has 0 aromatic heterocycles. The first-order valence-electron chi connectivity index (χ1n) is 12.4. The Balaban J connectivity index is 1.60. The number of ether oxygens (including phenoxy) is 2. The second kappa shape index (κ2) is 11.5.